The molecule has 2 aromatic rings. The van der Waals surface area contributed by atoms with E-state index in [-0.39, 0.29) is 0 Å². The third kappa shape index (κ3) is 3.69. The molecule has 0 radical (unpaired) electrons. The van der Waals surface area contributed by atoms with E-state index in [1.54, 1.807) is 0 Å². The molecule has 1 saturated heterocycles. The zero-order valence-electron chi connectivity index (χ0n) is 13.5. The van der Waals surface area contributed by atoms with E-state index in [0.717, 1.165) is 39.3 Å². The maximum absolute atomic E-state index is 5.40. The van der Waals surface area contributed by atoms with Crippen LogP contribution in [0.1, 0.15) is 20.3 Å². The van der Waals surface area contributed by atoms with Crippen molar-refractivity contribution in [2.45, 2.75) is 26.8 Å². The van der Waals surface area contributed by atoms with Gasteiger partial charge in [-0.15, -0.1) is 0 Å². The number of rotatable bonds is 5. The van der Waals surface area contributed by atoms with Crippen molar-refractivity contribution >= 4 is 5.69 Å². The Morgan fingerprint density at radius 3 is 2.50 bits per heavy atom. The first-order valence-electron chi connectivity index (χ1n) is 8.18. The maximum Gasteiger partial charge on any atom is 0.0642 e. The summed E-state index contributed by atoms with van der Waals surface area (Å²) in [6.07, 6.45) is 5.27. The third-order valence-electron chi connectivity index (χ3n) is 4.15. The molecule has 0 unspecified atom stereocenters. The van der Waals surface area contributed by atoms with Crippen LogP contribution in [0, 0.1) is 5.92 Å². The van der Waals surface area contributed by atoms with E-state index in [2.05, 4.69) is 54.3 Å². The van der Waals surface area contributed by atoms with E-state index in [9.17, 15) is 0 Å². The molecule has 0 atom stereocenters. The molecule has 0 amide bonds. The zero-order valence-corrected chi connectivity index (χ0v) is 13.5. The summed E-state index contributed by atoms with van der Waals surface area (Å²) in [5.74, 6) is 0.709. The fourth-order valence-electron chi connectivity index (χ4n) is 2.71. The van der Waals surface area contributed by atoms with Gasteiger partial charge in [-0.1, -0.05) is 26.0 Å². The van der Waals surface area contributed by atoms with Crippen molar-refractivity contribution in [3.8, 4) is 11.1 Å². The number of aryl methyl sites for hydroxylation is 1. The molecule has 1 aromatic carbocycles. The van der Waals surface area contributed by atoms with Crippen molar-refractivity contribution in [2.24, 2.45) is 5.92 Å². The molecular formula is C18H25N3O. The Labute approximate surface area is 132 Å². The molecular weight excluding hydrogens is 274 g/mol. The second-order valence-corrected chi connectivity index (χ2v) is 6.32. The van der Waals surface area contributed by atoms with E-state index >= 15 is 0 Å². The molecule has 4 heteroatoms. The lowest BCUT2D eigenvalue weighted by molar-refractivity contribution is 0.122. The average Bonchev–Trinajstić information content (AvgIpc) is 3.03. The first-order valence-corrected chi connectivity index (χ1v) is 8.18. The van der Waals surface area contributed by atoms with Crippen LogP contribution >= 0.6 is 0 Å². The highest BCUT2D eigenvalue weighted by Gasteiger charge is 2.11. The van der Waals surface area contributed by atoms with E-state index in [1.807, 2.05) is 10.9 Å². The summed E-state index contributed by atoms with van der Waals surface area (Å²) in [6.45, 7) is 9.08. The second kappa shape index (κ2) is 6.97. The second-order valence-electron chi connectivity index (χ2n) is 6.32. The number of anilines is 1. The molecule has 1 aliphatic rings. The Balaban J connectivity index is 1.67. The molecule has 4 nitrogen and oxygen atoms in total. The summed E-state index contributed by atoms with van der Waals surface area (Å²) in [4.78, 5) is 2.37. The first kappa shape index (κ1) is 15.1. The molecule has 0 spiro atoms. The standard InChI is InChI=1S/C18H25N3O/c1-15(2)7-8-21-14-17(13-19-21)16-3-5-18(6-4-16)20-9-11-22-12-10-20/h3-6,13-15H,7-12H2,1-2H3. The van der Waals surface area contributed by atoms with Crippen LogP contribution in [0.25, 0.3) is 11.1 Å². The van der Waals surface area contributed by atoms with Gasteiger partial charge in [-0.05, 0) is 30.0 Å². The molecule has 1 fully saturated rings. The highest BCUT2D eigenvalue weighted by Crippen LogP contribution is 2.23. The Hall–Kier alpha value is -1.81. The van der Waals surface area contributed by atoms with E-state index in [1.165, 1.54) is 16.8 Å². The normalized spacial score (nSPS) is 15.5. The fourth-order valence-corrected chi connectivity index (χ4v) is 2.71. The summed E-state index contributed by atoms with van der Waals surface area (Å²) in [7, 11) is 0. The van der Waals surface area contributed by atoms with Crippen LogP contribution in [0.4, 0.5) is 5.69 Å². The van der Waals surface area contributed by atoms with E-state index in [4.69, 9.17) is 4.74 Å². The van der Waals surface area contributed by atoms with Crippen molar-refractivity contribution in [2.75, 3.05) is 31.2 Å². The largest absolute Gasteiger partial charge is 0.378 e. The smallest absolute Gasteiger partial charge is 0.0642 e. The van der Waals surface area contributed by atoms with Gasteiger partial charge in [-0.3, -0.25) is 4.68 Å². The molecule has 22 heavy (non-hydrogen) atoms. The number of morpholine rings is 1. The zero-order chi connectivity index (χ0) is 15.4. The van der Waals surface area contributed by atoms with Crippen LogP contribution in [-0.4, -0.2) is 36.1 Å². The van der Waals surface area contributed by atoms with Crippen LogP contribution in [0.2, 0.25) is 0 Å². The number of aromatic nitrogens is 2. The molecule has 0 bridgehead atoms. The molecule has 2 heterocycles. The van der Waals surface area contributed by atoms with Gasteiger partial charge in [0.2, 0.25) is 0 Å². The van der Waals surface area contributed by atoms with Crippen LogP contribution in [0.3, 0.4) is 0 Å². The lowest BCUT2D eigenvalue weighted by atomic mass is 10.1. The van der Waals surface area contributed by atoms with E-state index < -0.39 is 0 Å². The molecule has 118 valence electrons. The monoisotopic (exact) mass is 299 g/mol. The average molecular weight is 299 g/mol. The number of nitrogens with zero attached hydrogens (tertiary/aromatic N) is 3. The highest BCUT2D eigenvalue weighted by atomic mass is 16.5. The van der Waals surface area contributed by atoms with Gasteiger partial charge in [0, 0.05) is 37.1 Å². The van der Waals surface area contributed by atoms with Crippen LogP contribution < -0.4 is 4.90 Å². The molecule has 1 aromatic heterocycles. The number of hydrogen-bond acceptors (Lipinski definition) is 3. The number of benzene rings is 1. The van der Waals surface area contributed by atoms with Gasteiger partial charge in [0.25, 0.3) is 0 Å². The van der Waals surface area contributed by atoms with Gasteiger partial charge in [-0.25, -0.2) is 0 Å². The van der Waals surface area contributed by atoms with Gasteiger partial charge < -0.3 is 9.64 Å². The summed E-state index contributed by atoms with van der Waals surface area (Å²) in [5.41, 5.74) is 3.70. The first-order chi connectivity index (χ1) is 10.7. The summed E-state index contributed by atoms with van der Waals surface area (Å²) in [5, 5.41) is 4.47. The molecule has 0 saturated carbocycles. The molecule has 0 N–H and O–H groups in total. The highest BCUT2D eigenvalue weighted by molar-refractivity contribution is 5.65. The van der Waals surface area contributed by atoms with Crippen LogP contribution in [-0.2, 0) is 11.3 Å². The number of ether oxygens (including phenoxy) is 1. The predicted molar refractivity (Wildman–Crippen MR) is 90.2 cm³/mol. The fraction of sp³-hybridized carbons (Fsp3) is 0.500. The van der Waals surface area contributed by atoms with Gasteiger partial charge in [0.15, 0.2) is 0 Å². The third-order valence-corrected chi connectivity index (χ3v) is 4.15. The summed E-state index contributed by atoms with van der Waals surface area (Å²) >= 11 is 0. The lowest BCUT2D eigenvalue weighted by Gasteiger charge is -2.28. The SMILES string of the molecule is CC(C)CCn1cc(-c2ccc(N3CCOCC3)cc2)cn1. The van der Waals surface area contributed by atoms with Gasteiger partial charge in [0.1, 0.15) is 0 Å². The maximum atomic E-state index is 5.40. The van der Waals surface area contributed by atoms with Gasteiger partial charge in [0.05, 0.1) is 19.4 Å². The molecule has 0 aliphatic carbocycles. The van der Waals surface area contributed by atoms with Crippen LogP contribution in [0.15, 0.2) is 36.7 Å². The van der Waals surface area contributed by atoms with Crippen LogP contribution in [0.5, 0.6) is 0 Å². The minimum atomic E-state index is 0.709. The van der Waals surface area contributed by atoms with Gasteiger partial charge >= 0.3 is 0 Å². The van der Waals surface area contributed by atoms with Crippen molar-refractivity contribution < 1.29 is 4.74 Å². The Bertz CT molecular complexity index is 583. The number of hydrogen-bond donors (Lipinski definition) is 0. The Morgan fingerprint density at radius 1 is 1.09 bits per heavy atom. The van der Waals surface area contributed by atoms with Crippen molar-refractivity contribution in [1.82, 2.24) is 9.78 Å². The summed E-state index contributed by atoms with van der Waals surface area (Å²) in [6, 6.07) is 8.78. The predicted octanol–water partition coefficient (Wildman–Crippen LogP) is 3.43. The van der Waals surface area contributed by atoms with Crippen molar-refractivity contribution in [3.05, 3.63) is 36.7 Å². The molecule has 1 aliphatic heterocycles. The minimum Gasteiger partial charge on any atom is -0.378 e. The summed E-state index contributed by atoms with van der Waals surface area (Å²) < 4.78 is 7.45. The van der Waals surface area contributed by atoms with Crippen molar-refractivity contribution in [3.63, 3.8) is 0 Å². The Morgan fingerprint density at radius 2 is 1.82 bits per heavy atom. The lowest BCUT2D eigenvalue weighted by Crippen LogP contribution is -2.36. The van der Waals surface area contributed by atoms with Crippen molar-refractivity contribution in [1.29, 1.82) is 0 Å². The minimum absolute atomic E-state index is 0.709. The van der Waals surface area contributed by atoms with Gasteiger partial charge in [-0.2, -0.15) is 5.10 Å². The molecule has 3 rings (SSSR count). The quantitative estimate of drug-likeness (QED) is 0.847. The van der Waals surface area contributed by atoms with E-state index in [0.29, 0.717) is 5.92 Å². The Kier molecular flexibility index (Phi) is 4.78. The topological polar surface area (TPSA) is 30.3 Å².